The maximum absolute atomic E-state index is 11.7. The van der Waals surface area contributed by atoms with Crippen LogP contribution in [0, 0.1) is 0 Å². The van der Waals surface area contributed by atoms with E-state index in [1.54, 1.807) is 26.2 Å². The van der Waals surface area contributed by atoms with Gasteiger partial charge in [0.15, 0.2) is 5.82 Å². The number of amides is 1. The van der Waals surface area contributed by atoms with Crippen molar-refractivity contribution in [3.63, 3.8) is 0 Å². The Morgan fingerprint density at radius 3 is 2.42 bits per heavy atom. The Hall–Kier alpha value is -2.70. The molecular weight excluding hydrogens is 248 g/mol. The van der Waals surface area contributed by atoms with E-state index in [9.17, 15) is 9.59 Å². The summed E-state index contributed by atoms with van der Waals surface area (Å²) in [5, 5.41) is 12.7. The average Bonchev–Trinajstić information content (AvgIpc) is 2.87. The zero-order valence-corrected chi connectivity index (χ0v) is 10.4. The molecule has 0 saturated heterocycles. The van der Waals surface area contributed by atoms with Gasteiger partial charge in [-0.1, -0.05) is 0 Å². The standard InChI is InChI=1S/C12H12N4O3/c1-15(2)11(17)8-3-4-10(13-5-8)16-7-9(6-14-16)12(18)19/h3-7H,1-2H3,(H,18,19). The Kier molecular flexibility index (Phi) is 3.28. The van der Waals surface area contributed by atoms with E-state index < -0.39 is 5.97 Å². The number of hydrogen-bond donors (Lipinski definition) is 1. The molecule has 0 aliphatic rings. The highest BCUT2D eigenvalue weighted by Crippen LogP contribution is 2.08. The van der Waals surface area contributed by atoms with Crippen LogP contribution in [0.5, 0.6) is 0 Å². The molecule has 0 atom stereocenters. The summed E-state index contributed by atoms with van der Waals surface area (Å²) >= 11 is 0. The quantitative estimate of drug-likeness (QED) is 0.876. The summed E-state index contributed by atoms with van der Waals surface area (Å²) in [6.07, 6.45) is 4.03. The number of rotatable bonds is 3. The van der Waals surface area contributed by atoms with Crippen LogP contribution < -0.4 is 0 Å². The second-order valence-electron chi connectivity index (χ2n) is 4.08. The first-order valence-corrected chi connectivity index (χ1v) is 5.45. The van der Waals surface area contributed by atoms with Crippen molar-refractivity contribution < 1.29 is 14.7 Å². The molecule has 7 nitrogen and oxygen atoms in total. The summed E-state index contributed by atoms with van der Waals surface area (Å²) in [5.41, 5.74) is 0.537. The fourth-order valence-corrected chi connectivity index (χ4v) is 1.46. The molecule has 0 spiro atoms. The molecule has 19 heavy (non-hydrogen) atoms. The molecule has 7 heteroatoms. The van der Waals surface area contributed by atoms with Gasteiger partial charge in [0, 0.05) is 26.5 Å². The molecule has 0 fully saturated rings. The van der Waals surface area contributed by atoms with E-state index in [0.717, 1.165) is 0 Å². The van der Waals surface area contributed by atoms with Crippen LogP contribution in [-0.2, 0) is 0 Å². The van der Waals surface area contributed by atoms with Crippen LogP contribution >= 0.6 is 0 Å². The maximum atomic E-state index is 11.7. The van der Waals surface area contributed by atoms with Gasteiger partial charge >= 0.3 is 5.97 Å². The first kappa shape index (κ1) is 12.7. The van der Waals surface area contributed by atoms with Crippen LogP contribution in [0.2, 0.25) is 0 Å². The van der Waals surface area contributed by atoms with Crippen LogP contribution in [0.25, 0.3) is 5.82 Å². The molecule has 1 amide bonds. The van der Waals surface area contributed by atoms with Gasteiger partial charge in [-0.25, -0.2) is 14.5 Å². The summed E-state index contributed by atoms with van der Waals surface area (Å²) < 4.78 is 1.34. The zero-order valence-electron chi connectivity index (χ0n) is 10.4. The first-order chi connectivity index (χ1) is 8.99. The zero-order chi connectivity index (χ0) is 14.0. The van der Waals surface area contributed by atoms with Crippen molar-refractivity contribution in [1.29, 1.82) is 0 Å². The topological polar surface area (TPSA) is 88.3 Å². The SMILES string of the molecule is CN(C)C(=O)c1ccc(-n2cc(C(=O)O)cn2)nc1. The lowest BCUT2D eigenvalue weighted by molar-refractivity contribution is 0.0696. The second kappa shape index (κ2) is 4.89. The predicted octanol–water partition coefficient (Wildman–Crippen LogP) is 0.667. The summed E-state index contributed by atoms with van der Waals surface area (Å²) in [6, 6.07) is 3.22. The van der Waals surface area contributed by atoms with E-state index >= 15 is 0 Å². The Labute approximate surface area is 109 Å². The van der Waals surface area contributed by atoms with E-state index in [1.165, 1.54) is 28.2 Å². The summed E-state index contributed by atoms with van der Waals surface area (Å²) in [4.78, 5) is 27.9. The van der Waals surface area contributed by atoms with Gasteiger partial charge in [-0.3, -0.25) is 4.79 Å². The van der Waals surface area contributed by atoms with Crippen LogP contribution in [0.15, 0.2) is 30.7 Å². The fraction of sp³-hybridized carbons (Fsp3) is 0.167. The normalized spacial score (nSPS) is 10.2. The molecule has 0 aromatic carbocycles. The number of carboxylic acid groups (broad SMARTS) is 1. The van der Waals surface area contributed by atoms with E-state index in [1.807, 2.05) is 0 Å². The number of aromatic carboxylic acids is 1. The number of nitrogens with zero attached hydrogens (tertiary/aromatic N) is 4. The minimum absolute atomic E-state index is 0.0789. The molecule has 1 N–H and O–H groups in total. The molecule has 0 bridgehead atoms. The highest BCUT2D eigenvalue weighted by Gasteiger charge is 2.10. The predicted molar refractivity (Wildman–Crippen MR) is 66.3 cm³/mol. The third kappa shape index (κ3) is 2.59. The van der Waals surface area contributed by atoms with Gasteiger partial charge in [0.25, 0.3) is 5.91 Å². The largest absolute Gasteiger partial charge is 0.478 e. The fourth-order valence-electron chi connectivity index (χ4n) is 1.46. The number of aromatic nitrogens is 3. The summed E-state index contributed by atoms with van der Waals surface area (Å²) in [5.74, 6) is -0.751. The number of carbonyl (C=O) groups excluding carboxylic acids is 1. The maximum Gasteiger partial charge on any atom is 0.338 e. The van der Waals surface area contributed by atoms with Crippen molar-refractivity contribution in [2.24, 2.45) is 0 Å². The smallest absolute Gasteiger partial charge is 0.338 e. The molecule has 2 aromatic rings. The number of carbonyl (C=O) groups is 2. The molecular formula is C12H12N4O3. The van der Waals surface area contributed by atoms with Crippen molar-refractivity contribution in [2.45, 2.75) is 0 Å². The number of carboxylic acids is 1. The Morgan fingerprint density at radius 2 is 1.95 bits per heavy atom. The lowest BCUT2D eigenvalue weighted by Crippen LogP contribution is -2.21. The van der Waals surface area contributed by atoms with Gasteiger partial charge < -0.3 is 10.0 Å². The summed E-state index contributed by atoms with van der Waals surface area (Å²) in [7, 11) is 3.31. The molecule has 2 rings (SSSR count). The van der Waals surface area contributed by atoms with Crippen molar-refractivity contribution in [1.82, 2.24) is 19.7 Å². The van der Waals surface area contributed by atoms with E-state index in [2.05, 4.69) is 10.1 Å². The molecule has 2 aromatic heterocycles. The molecule has 2 heterocycles. The highest BCUT2D eigenvalue weighted by atomic mass is 16.4. The van der Waals surface area contributed by atoms with Gasteiger partial charge in [0.2, 0.25) is 0 Å². The number of hydrogen-bond acceptors (Lipinski definition) is 4. The van der Waals surface area contributed by atoms with Crippen molar-refractivity contribution >= 4 is 11.9 Å². The third-order valence-electron chi connectivity index (χ3n) is 2.47. The van der Waals surface area contributed by atoms with Gasteiger partial charge in [0.1, 0.15) is 0 Å². The molecule has 0 unspecified atom stereocenters. The first-order valence-electron chi connectivity index (χ1n) is 5.45. The van der Waals surface area contributed by atoms with Gasteiger partial charge in [0.05, 0.1) is 17.3 Å². The molecule has 0 aliphatic heterocycles. The molecule has 98 valence electrons. The van der Waals surface area contributed by atoms with Crippen molar-refractivity contribution in [3.8, 4) is 5.82 Å². The van der Waals surface area contributed by atoms with Crippen LogP contribution in [-0.4, -0.2) is 50.7 Å². The monoisotopic (exact) mass is 260 g/mol. The van der Waals surface area contributed by atoms with Gasteiger partial charge in [-0.15, -0.1) is 0 Å². The van der Waals surface area contributed by atoms with Gasteiger partial charge in [-0.2, -0.15) is 5.10 Å². The van der Waals surface area contributed by atoms with Crippen LogP contribution in [0.4, 0.5) is 0 Å². The Balaban J connectivity index is 2.27. The minimum atomic E-state index is -1.05. The summed E-state index contributed by atoms with van der Waals surface area (Å²) in [6.45, 7) is 0. The van der Waals surface area contributed by atoms with Crippen LogP contribution in [0.3, 0.4) is 0 Å². The molecule has 0 radical (unpaired) electrons. The minimum Gasteiger partial charge on any atom is -0.478 e. The van der Waals surface area contributed by atoms with E-state index in [0.29, 0.717) is 11.4 Å². The number of pyridine rings is 1. The molecule has 0 aliphatic carbocycles. The Morgan fingerprint density at radius 1 is 1.21 bits per heavy atom. The van der Waals surface area contributed by atoms with Crippen molar-refractivity contribution in [3.05, 3.63) is 41.9 Å². The van der Waals surface area contributed by atoms with Gasteiger partial charge in [-0.05, 0) is 12.1 Å². The lowest BCUT2D eigenvalue weighted by atomic mass is 10.2. The third-order valence-corrected chi connectivity index (χ3v) is 2.47. The lowest BCUT2D eigenvalue weighted by Gasteiger charge is -2.09. The molecule has 0 saturated carbocycles. The second-order valence-corrected chi connectivity index (χ2v) is 4.08. The van der Waals surface area contributed by atoms with Crippen molar-refractivity contribution in [2.75, 3.05) is 14.1 Å². The van der Waals surface area contributed by atoms with E-state index in [-0.39, 0.29) is 11.5 Å². The van der Waals surface area contributed by atoms with E-state index in [4.69, 9.17) is 5.11 Å². The Bertz CT molecular complexity index is 616. The average molecular weight is 260 g/mol. The van der Waals surface area contributed by atoms with Crippen LogP contribution in [0.1, 0.15) is 20.7 Å². The highest BCUT2D eigenvalue weighted by molar-refractivity contribution is 5.93.